The Morgan fingerprint density at radius 1 is 0.316 bits per heavy atom. The Labute approximate surface area is 330 Å². The van der Waals surface area contributed by atoms with Crippen molar-refractivity contribution in [2.45, 2.75) is 19.3 Å². The van der Waals surface area contributed by atoms with Gasteiger partial charge in [-0.1, -0.05) is 135 Å². The van der Waals surface area contributed by atoms with Crippen molar-refractivity contribution in [1.82, 2.24) is 9.13 Å². The van der Waals surface area contributed by atoms with Crippen molar-refractivity contribution in [3.05, 3.63) is 193 Å². The molecule has 2 aromatic heterocycles. The Morgan fingerprint density at radius 3 is 1.75 bits per heavy atom. The minimum absolute atomic E-state index is 0.0714. The molecule has 0 spiro atoms. The van der Waals surface area contributed by atoms with Crippen LogP contribution in [0.15, 0.2) is 182 Å². The molecule has 2 heteroatoms. The van der Waals surface area contributed by atoms with Gasteiger partial charge in [-0.15, -0.1) is 0 Å². The summed E-state index contributed by atoms with van der Waals surface area (Å²) in [6, 6.07) is 68.0. The Kier molecular flexibility index (Phi) is 6.00. The molecule has 0 saturated heterocycles. The summed E-state index contributed by atoms with van der Waals surface area (Å²) in [4.78, 5) is 0. The molecule has 0 N–H and O–H groups in total. The first-order valence-electron chi connectivity index (χ1n) is 20.0. The molecule has 11 aromatic rings. The zero-order valence-corrected chi connectivity index (χ0v) is 31.7. The van der Waals surface area contributed by atoms with Crippen LogP contribution in [-0.4, -0.2) is 9.13 Å². The van der Waals surface area contributed by atoms with Gasteiger partial charge in [-0.2, -0.15) is 0 Å². The Hall–Kier alpha value is -7.16. The molecule has 0 radical (unpaired) electrons. The van der Waals surface area contributed by atoms with E-state index in [-0.39, 0.29) is 5.41 Å². The Bertz CT molecular complexity index is 3520. The van der Waals surface area contributed by atoms with Gasteiger partial charge in [0.05, 0.1) is 22.1 Å². The normalized spacial score (nSPS) is 13.6. The van der Waals surface area contributed by atoms with E-state index in [9.17, 15) is 0 Å². The highest BCUT2D eigenvalue weighted by molar-refractivity contribution is 6.29. The second kappa shape index (κ2) is 11.0. The van der Waals surface area contributed by atoms with Gasteiger partial charge < -0.3 is 9.13 Å². The van der Waals surface area contributed by atoms with Crippen molar-refractivity contribution in [3.63, 3.8) is 0 Å². The van der Waals surface area contributed by atoms with Gasteiger partial charge in [0.15, 0.2) is 0 Å². The van der Waals surface area contributed by atoms with Crippen LogP contribution >= 0.6 is 0 Å². The van der Waals surface area contributed by atoms with Crippen LogP contribution in [0.4, 0.5) is 0 Å². The van der Waals surface area contributed by atoms with Crippen LogP contribution in [0, 0.1) is 0 Å². The van der Waals surface area contributed by atoms with Gasteiger partial charge in [0, 0.05) is 38.3 Å². The third-order valence-electron chi connectivity index (χ3n) is 13.2. The number of para-hydroxylation sites is 2. The molecule has 266 valence electrons. The van der Waals surface area contributed by atoms with E-state index in [1.165, 1.54) is 116 Å². The van der Waals surface area contributed by atoms with Crippen LogP contribution in [0.2, 0.25) is 0 Å². The molecule has 0 aliphatic heterocycles. The van der Waals surface area contributed by atoms with Gasteiger partial charge in [-0.25, -0.2) is 0 Å². The number of rotatable bonds is 3. The van der Waals surface area contributed by atoms with Crippen LogP contribution < -0.4 is 0 Å². The summed E-state index contributed by atoms with van der Waals surface area (Å²) in [6.07, 6.45) is 0. The number of hydrogen-bond acceptors (Lipinski definition) is 0. The fourth-order valence-electron chi connectivity index (χ4n) is 10.7. The van der Waals surface area contributed by atoms with Crippen LogP contribution in [0.25, 0.3) is 110 Å². The summed E-state index contributed by atoms with van der Waals surface area (Å²) >= 11 is 0. The number of aromatic nitrogens is 2. The first kappa shape index (κ1) is 31.1. The lowest BCUT2D eigenvalue weighted by Gasteiger charge is -2.21. The van der Waals surface area contributed by atoms with E-state index in [1.54, 1.807) is 0 Å². The molecule has 0 bridgehead atoms. The zero-order valence-electron chi connectivity index (χ0n) is 31.7. The summed E-state index contributed by atoms with van der Waals surface area (Å²) in [5, 5.41) is 7.87. The Balaban J connectivity index is 0.995. The fraction of sp³-hybridized carbons (Fsp3) is 0.0545. The van der Waals surface area contributed by atoms with Gasteiger partial charge in [0.25, 0.3) is 0 Å². The molecule has 57 heavy (non-hydrogen) atoms. The largest absolute Gasteiger partial charge is 0.309 e. The molecule has 2 aliphatic rings. The maximum Gasteiger partial charge on any atom is 0.0553 e. The molecular weight excluding hydrogens is 689 g/mol. The molecule has 13 rings (SSSR count). The summed E-state index contributed by atoms with van der Waals surface area (Å²) < 4.78 is 4.92. The third kappa shape index (κ3) is 4.04. The SMILES string of the molecule is CC1(C)c2ccccc2-c2cc3c(cc21)c1cc(-c2ccc(-n4c5ccccc5c5c6cccc7c6c(cc54)-c4ccccc4-7)cc2)ccc1n3-c1ccccc1. The van der Waals surface area contributed by atoms with Crippen LogP contribution in [0.3, 0.4) is 0 Å². The molecule has 2 heterocycles. The smallest absolute Gasteiger partial charge is 0.0553 e. The number of hydrogen-bond donors (Lipinski definition) is 0. The van der Waals surface area contributed by atoms with Crippen molar-refractivity contribution >= 4 is 54.4 Å². The molecule has 2 aliphatic carbocycles. The van der Waals surface area contributed by atoms with E-state index in [2.05, 4.69) is 205 Å². The van der Waals surface area contributed by atoms with Crippen molar-refractivity contribution in [2.75, 3.05) is 0 Å². The zero-order chi connectivity index (χ0) is 37.6. The summed E-state index contributed by atoms with van der Waals surface area (Å²) in [7, 11) is 0. The van der Waals surface area contributed by atoms with Gasteiger partial charge in [-0.05, 0) is 127 Å². The predicted molar refractivity (Wildman–Crippen MR) is 240 cm³/mol. The molecule has 0 atom stereocenters. The Morgan fingerprint density at radius 2 is 0.912 bits per heavy atom. The lowest BCUT2D eigenvalue weighted by molar-refractivity contribution is 0.661. The highest BCUT2D eigenvalue weighted by atomic mass is 15.0. The first-order chi connectivity index (χ1) is 28.0. The van der Waals surface area contributed by atoms with Gasteiger partial charge >= 0.3 is 0 Å². The average Bonchev–Trinajstić information content (AvgIpc) is 3.95. The fourth-order valence-corrected chi connectivity index (χ4v) is 10.7. The van der Waals surface area contributed by atoms with Crippen molar-refractivity contribution < 1.29 is 0 Å². The number of fused-ring (bicyclic) bond motifs is 13. The van der Waals surface area contributed by atoms with E-state index >= 15 is 0 Å². The second-order valence-corrected chi connectivity index (χ2v) is 16.5. The van der Waals surface area contributed by atoms with Crippen molar-refractivity contribution in [2.24, 2.45) is 0 Å². The molecule has 0 unspecified atom stereocenters. The van der Waals surface area contributed by atoms with E-state index in [0.717, 1.165) is 5.69 Å². The van der Waals surface area contributed by atoms with Gasteiger partial charge in [-0.3, -0.25) is 0 Å². The standard InChI is InChI=1S/C55H36N2/c1-55(2)47-21-10-8-17-39(47)43-31-51-45(30-48(43)55)44-29-34(25-28-50(44)56(51)35-13-4-3-5-14-35)33-23-26-36(27-24-33)57-49-22-11-9-18-41(49)54-42-20-12-19-40-37-15-6-7-16-38(37)46(53(40)42)32-52(54)57/h3-32H,1-2H3. The highest BCUT2D eigenvalue weighted by Gasteiger charge is 2.36. The number of nitrogens with zero attached hydrogens (tertiary/aromatic N) is 2. The van der Waals surface area contributed by atoms with Gasteiger partial charge in [0.1, 0.15) is 0 Å². The number of benzene rings is 9. The maximum atomic E-state index is 2.48. The minimum Gasteiger partial charge on any atom is -0.309 e. The molecule has 9 aromatic carbocycles. The lowest BCUT2D eigenvalue weighted by atomic mass is 9.82. The maximum absolute atomic E-state index is 2.48. The quantitative estimate of drug-likeness (QED) is 0.172. The molecular formula is C55H36N2. The monoisotopic (exact) mass is 724 g/mol. The van der Waals surface area contributed by atoms with Gasteiger partial charge in [0.2, 0.25) is 0 Å². The third-order valence-corrected chi connectivity index (χ3v) is 13.2. The van der Waals surface area contributed by atoms with Crippen molar-refractivity contribution in [1.29, 1.82) is 0 Å². The van der Waals surface area contributed by atoms with Crippen molar-refractivity contribution in [3.8, 4) is 55.9 Å². The summed E-state index contributed by atoms with van der Waals surface area (Å²) in [6.45, 7) is 4.74. The molecule has 0 amide bonds. The van der Waals surface area contributed by atoms with Crippen LogP contribution in [0.5, 0.6) is 0 Å². The predicted octanol–water partition coefficient (Wildman–Crippen LogP) is 14.7. The molecule has 0 fully saturated rings. The summed E-state index contributed by atoms with van der Waals surface area (Å²) in [5.74, 6) is 0. The van der Waals surface area contributed by atoms with Crippen LogP contribution in [-0.2, 0) is 5.41 Å². The van der Waals surface area contributed by atoms with E-state index in [4.69, 9.17) is 0 Å². The minimum atomic E-state index is -0.0714. The van der Waals surface area contributed by atoms with E-state index in [0.29, 0.717) is 0 Å². The highest BCUT2D eigenvalue weighted by Crippen LogP contribution is 2.53. The lowest BCUT2D eigenvalue weighted by Crippen LogP contribution is -2.14. The first-order valence-corrected chi connectivity index (χ1v) is 20.0. The average molecular weight is 725 g/mol. The van der Waals surface area contributed by atoms with E-state index in [1.807, 2.05) is 0 Å². The molecule has 2 nitrogen and oxygen atoms in total. The topological polar surface area (TPSA) is 9.86 Å². The van der Waals surface area contributed by atoms with Crippen LogP contribution in [0.1, 0.15) is 25.0 Å². The second-order valence-electron chi connectivity index (χ2n) is 16.5. The van der Waals surface area contributed by atoms with E-state index < -0.39 is 0 Å². The molecule has 0 saturated carbocycles. The summed E-state index contributed by atoms with van der Waals surface area (Å²) in [5.41, 5.74) is 20.4.